The topological polar surface area (TPSA) is 49.4 Å². The minimum Gasteiger partial charge on any atom is -0.322 e. The first-order valence-electron chi connectivity index (χ1n) is 7.33. The van der Waals surface area contributed by atoms with E-state index < -0.39 is 0 Å². The van der Waals surface area contributed by atoms with E-state index in [-0.39, 0.29) is 11.8 Å². The Morgan fingerprint density at radius 3 is 2.50 bits per heavy atom. The van der Waals surface area contributed by atoms with Gasteiger partial charge in [0, 0.05) is 30.4 Å². The predicted octanol–water partition coefficient (Wildman–Crippen LogP) is 3.16. The molecule has 2 amide bonds. The van der Waals surface area contributed by atoms with Crippen LogP contribution < -0.4 is 10.2 Å². The summed E-state index contributed by atoms with van der Waals surface area (Å²) in [4.78, 5) is 25.6. The molecule has 3 rings (SSSR count). The molecule has 1 aliphatic rings. The van der Waals surface area contributed by atoms with Gasteiger partial charge < -0.3 is 10.2 Å². The zero-order valence-electron chi connectivity index (χ0n) is 12.7. The first-order valence-corrected chi connectivity index (χ1v) is 7.33. The molecule has 1 N–H and O–H groups in total. The van der Waals surface area contributed by atoms with Crippen LogP contribution in [0.15, 0.2) is 42.5 Å². The normalized spacial score (nSPS) is 12.9. The number of hydrogen-bond donors (Lipinski definition) is 1. The van der Waals surface area contributed by atoms with Gasteiger partial charge in [-0.1, -0.05) is 23.8 Å². The summed E-state index contributed by atoms with van der Waals surface area (Å²) >= 11 is 0. The van der Waals surface area contributed by atoms with Gasteiger partial charge in [-0.15, -0.1) is 0 Å². The Morgan fingerprint density at radius 1 is 1.09 bits per heavy atom. The van der Waals surface area contributed by atoms with E-state index in [0.29, 0.717) is 17.8 Å². The molecule has 4 nitrogen and oxygen atoms in total. The van der Waals surface area contributed by atoms with Crippen molar-refractivity contribution in [3.63, 3.8) is 0 Å². The molecule has 0 unspecified atom stereocenters. The third kappa shape index (κ3) is 2.72. The molecule has 0 aliphatic carbocycles. The minimum atomic E-state index is -0.146. The van der Waals surface area contributed by atoms with Gasteiger partial charge in [-0.05, 0) is 43.2 Å². The molecule has 22 heavy (non-hydrogen) atoms. The number of nitrogens with zero attached hydrogens (tertiary/aromatic N) is 1. The highest BCUT2D eigenvalue weighted by Gasteiger charge is 2.22. The second-order valence-corrected chi connectivity index (χ2v) is 5.58. The molecule has 0 saturated carbocycles. The Labute approximate surface area is 129 Å². The first-order chi connectivity index (χ1) is 10.5. The van der Waals surface area contributed by atoms with Gasteiger partial charge in [0.2, 0.25) is 5.91 Å². The standard InChI is InChI=1S/C18H18N2O2/c1-12-3-5-15(6-4-12)18(22)19-16-8-7-14-9-10-20(13(2)21)17(14)11-16/h3-8,11H,9-10H2,1-2H3,(H,19,22). The van der Waals surface area contributed by atoms with E-state index in [4.69, 9.17) is 0 Å². The maximum atomic E-state index is 12.2. The van der Waals surface area contributed by atoms with E-state index in [0.717, 1.165) is 23.2 Å². The number of nitrogens with one attached hydrogen (secondary N) is 1. The van der Waals surface area contributed by atoms with Crippen molar-refractivity contribution in [2.24, 2.45) is 0 Å². The van der Waals surface area contributed by atoms with Crippen LogP contribution in [0.2, 0.25) is 0 Å². The number of fused-ring (bicyclic) bond motifs is 1. The summed E-state index contributed by atoms with van der Waals surface area (Å²) < 4.78 is 0. The number of carbonyl (C=O) groups is 2. The zero-order chi connectivity index (χ0) is 15.7. The van der Waals surface area contributed by atoms with Crippen molar-refractivity contribution in [1.29, 1.82) is 0 Å². The summed E-state index contributed by atoms with van der Waals surface area (Å²) in [7, 11) is 0. The maximum Gasteiger partial charge on any atom is 0.255 e. The van der Waals surface area contributed by atoms with Crippen molar-refractivity contribution in [3.05, 3.63) is 59.2 Å². The highest BCUT2D eigenvalue weighted by atomic mass is 16.2. The van der Waals surface area contributed by atoms with Crippen molar-refractivity contribution in [1.82, 2.24) is 0 Å². The summed E-state index contributed by atoms with van der Waals surface area (Å²) in [5.74, 6) is -0.118. The first kappa shape index (κ1) is 14.3. The molecule has 112 valence electrons. The highest BCUT2D eigenvalue weighted by molar-refractivity contribution is 6.05. The Hall–Kier alpha value is -2.62. The molecule has 2 aromatic carbocycles. The van der Waals surface area contributed by atoms with Crippen molar-refractivity contribution in [3.8, 4) is 0 Å². The van der Waals surface area contributed by atoms with E-state index in [2.05, 4.69) is 5.32 Å². The lowest BCUT2D eigenvalue weighted by molar-refractivity contribution is -0.116. The SMILES string of the molecule is CC(=O)N1CCc2ccc(NC(=O)c3ccc(C)cc3)cc21. The van der Waals surface area contributed by atoms with Gasteiger partial charge in [0.1, 0.15) is 0 Å². The van der Waals surface area contributed by atoms with E-state index in [1.165, 1.54) is 0 Å². The van der Waals surface area contributed by atoms with Crippen LogP contribution in [-0.2, 0) is 11.2 Å². The lowest BCUT2D eigenvalue weighted by Crippen LogP contribution is -2.25. The average molecular weight is 294 g/mol. The molecular formula is C18H18N2O2. The molecule has 1 heterocycles. The van der Waals surface area contributed by atoms with Gasteiger partial charge in [0.25, 0.3) is 5.91 Å². The monoisotopic (exact) mass is 294 g/mol. The van der Waals surface area contributed by atoms with Crippen LogP contribution in [-0.4, -0.2) is 18.4 Å². The number of rotatable bonds is 2. The Kier molecular flexibility index (Phi) is 3.67. The maximum absolute atomic E-state index is 12.2. The molecule has 2 aromatic rings. The summed E-state index contributed by atoms with van der Waals surface area (Å²) in [5.41, 5.74) is 4.48. The van der Waals surface area contributed by atoms with Crippen LogP contribution in [0.5, 0.6) is 0 Å². The van der Waals surface area contributed by atoms with Crippen LogP contribution in [0, 0.1) is 6.92 Å². The Balaban J connectivity index is 1.82. The molecule has 4 heteroatoms. The molecule has 0 fully saturated rings. The molecule has 0 spiro atoms. The number of benzene rings is 2. The summed E-state index contributed by atoms with van der Waals surface area (Å²) in [6, 6.07) is 13.2. The summed E-state index contributed by atoms with van der Waals surface area (Å²) in [6.45, 7) is 4.26. The number of carbonyl (C=O) groups excluding carboxylic acids is 2. The number of hydrogen-bond acceptors (Lipinski definition) is 2. The van der Waals surface area contributed by atoms with Gasteiger partial charge in [0.15, 0.2) is 0 Å². The van der Waals surface area contributed by atoms with Crippen LogP contribution in [0.4, 0.5) is 11.4 Å². The number of aryl methyl sites for hydroxylation is 1. The van der Waals surface area contributed by atoms with Crippen LogP contribution in [0.1, 0.15) is 28.4 Å². The Morgan fingerprint density at radius 2 is 1.82 bits per heavy atom. The molecule has 0 aromatic heterocycles. The molecule has 0 bridgehead atoms. The lowest BCUT2D eigenvalue weighted by Gasteiger charge is -2.16. The lowest BCUT2D eigenvalue weighted by atomic mass is 10.1. The van der Waals surface area contributed by atoms with Crippen molar-refractivity contribution >= 4 is 23.2 Å². The van der Waals surface area contributed by atoms with Crippen LogP contribution >= 0.6 is 0 Å². The average Bonchev–Trinajstić information content (AvgIpc) is 2.91. The van der Waals surface area contributed by atoms with Crippen molar-refractivity contribution in [2.45, 2.75) is 20.3 Å². The summed E-state index contributed by atoms with van der Waals surface area (Å²) in [6.07, 6.45) is 0.862. The van der Waals surface area contributed by atoms with Gasteiger partial charge in [-0.3, -0.25) is 9.59 Å². The van der Waals surface area contributed by atoms with E-state index in [1.54, 1.807) is 24.0 Å². The molecular weight excluding hydrogens is 276 g/mol. The molecule has 0 radical (unpaired) electrons. The van der Waals surface area contributed by atoms with E-state index in [1.807, 2.05) is 37.3 Å². The second kappa shape index (κ2) is 5.64. The fourth-order valence-corrected chi connectivity index (χ4v) is 2.69. The van der Waals surface area contributed by atoms with Gasteiger partial charge in [-0.2, -0.15) is 0 Å². The highest BCUT2D eigenvalue weighted by Crippen LogP contribution is 2.31. The van der Waals surface area contributed by atoms with Gasteiger partial charge in [0.05, 0.1) is 0 Å². The third-order valence-corrected chi connectivity index (χ3v) is 3.93. The van der Waals surface area contributed by atoms with Crippen LogP contribution in [0.25, 0.3) is 0 Å². The number of anilines is 2. The zero-order valence-corrected chi connectivity index (χ0v) is 12.7. The predicted molar refractivity (Wildman–Crippen MR) is 87.3 cm³/mol. The fourth-order valence-electron chi connectivity index (χ4n) is 2.69. The van der Waals surface area contributed by atoms with Crippen LogP contribution in [0.3, 0.4) is 0 Å². The van der Waals surface area contributed by atoms with Crippen molar-refractivity contribution < 1.29 is 9.59 Å². The smallest absolute Gasteiger partial charge is 0.255 e. The van der Waals surface area contributed by atoms with Gasteiger partial charge in [-0.25, -0.2) is 0 Å². The second-order valence-electron chi connectivity index (χ2n) is 5.58. The fraction of sp³-hybridized carbons (Fsp3) is 0.222. The van der Waals surface area contributed by atoms with Gasteiger partial charge >= 0.3 is 0 Å². The van der Waals surface area contributed by atoms with E-state index in [9.17, 15) is 9.59 Å². The van der Waals surface area contributed by atoms with Crippen molar-refractivity contribution in [2.75, 3.05) is 16.8 Å². The Bertz CT molecular complexity index is 735. The van der Waals surface area contributed by atoms with E-state index >= 15 is 0 Å². The molecule has 0 saturated heterocycles. The molecule has 1 aliphatic heterocycles. The molecule has 0 atom stereocenters. The largest absolute Gasteiger partial charge is 0.322 e. The quantitative estimate of drug-likeness (QED) is 0.925. The number of amides is 2. The minimum absolute atomic E-state index is 0.0285. The summed E-state index contributed by atoms with van der Waals surface area (Å²) in [5, 5.41) is 2.89. The third-order valence-electron chi connectivity index (χ3n) is 3.93.